The summed E-state index contributed by atoms with van der Waals surface area (Å²) in [5.41, 5.74) is -0.0441. The summed E-state index contributed by atoms with van der Waals surface area (Å²) >= 11 is 1.41. The maximum absolute atomic E-state index is 14.5. The Morgan fingerprint density at radius 1 is 1.17 bits per heavy atom. The largest absolute Gasteiger partial charge is 0.508 e. The summed E-state index contributed by atoms with van der Waals surface area (Å²) in [6.07, 6.45) is 9.68. The van der Waals surface area contributed by atoms with Gasteiger partial charge in [0, 0.05) is 48.2 Å². The van der Waals surface area contributed by atoms with Crippen molar-refractivity contribution in [2.24, 2.45) is 5.92 Å². The third-order valence-corrected chi connectivity index (χ3v) is 11.7. The van der Waals surface area contributed by atoms with Crippen LogP contribution in [0.1, 0.15) is 84.1 Å². The van der Waals surface area contributed by atoms with Gasteiger partial charge in [-0.1, -0.05) is 25.0 Å². The number of benzene rings is 1. The molecule has 6 rings (SSSR count). The van der Waals surface area contributed by atoms with E-state index in [0.717, 1.165) is 32.1 Å². The molecule has 52 heavy (non-hydrogen) atoms. The molecule has 2 saturated carbocycles. The summed E-state index contributed by atoms with van der Waals surface area (Å²) in [6, 6.07) is 2.77. The second kappa shape index (κ2) is 15.0. The Labute approximate surface area is 309 Å². The normalized spacial score (nSPS) is 27.7. The van der Waals surface area contributed by atoms with Crippen LogP contribution in [0.15, 0.2) is 30.4 Å². The van der Waals surface area contributed by atoms with Crippen molar-refractivity contribution in [2.75, 3.05) is 20.6 Å². The maximum Gasteiger partial charge on any atom is 0.317 e. The van der Waals surface area contributed by atoms with Crippen molar-refractivity contribution < 1.29 is 33.8 Å². The van der Waals surface area contributed by atoms with E-state index in [1.54, 1.807) is 39.2 Å². The highest BCUT2D eigenvalue weighted by atomic mass is 32.2. The monoisotopic (exact) mass is 736 g/mol. The number of aromatic hydroxyl groups is 1. The predicted molar refractivity (Wildman–Crippen MR) is 199 cm³/mol. The Morgan fingerprint density at radius 3 is 2.65 bits per heavy atom. The number of hydrogen-bond acceptors (Lipinski definition) is 9. The Balaban J connectivity index is 1.33. The number of rotatable bonds is 8. The second-order valence-electron chi connectivity index (χ2n) is 15.4. The average Bonchev–Trinajstić information content (AvgIpc) is 3.96. The van der Waals surface area contributed by atoms with E-state index in [1.807, 2.05) is 19.9 Å². The van der Waals surface area contributed by atoms with Gasteiger partial charge in [-0.25, -0.2) is 9.78 Å². The Kier molecular flexibility index (Phi) is 10.9. The van der Waals surface area contributed by atoms with Crippen molar-refractivity contribution in [1.29, 1.82) is 0 Å². The number of pyridine rings is 1. The highest BCUT2D eigenvalue weighted by Crippen LogP contribution is 2.49. The van der Waals surface area contributed by atoms with Crippen molar-refractivity contribution in [1.82, 2.24) is 30.1 Å². The fourth-order valence-corrected chi connectivity index (χ4v) is 7.75. The van der Waals surface area contributed by atoms with E-state index in [0.29, 0.717) is 47.4 Å². The van der Waals surface area contributed by atoms with Crippen molar-refractivity contribution >= 4 is 46.6 Å². The van der Waals surface area contributed by atoms with Gasteiger partial charge in [-0.15, -0.1) is 0 Å². The molecule has 1 aromatic heterocycles. The van der Waals surface area contributed by atoms with Crippen LogP contribution < -0.4 is 24.8 Å². The number of hydrogen-bond donors (Lipinski definition) is 4. The van der Waals surface area contributed by atoms with E-state index in [4.69, 9.17) is 9.47 Å². The van der Waals surface area contributed by atoms with E-state index in [9.17, 15) is 24.3 Å². The molecule has 5 atom stereocenters. The average molecular weight is 737 g/mol. The first-order chi connectivity index (χ1) is 24.7. The molecule has 2 aliphatic carbocycles. The van der Waals surface area contributed by atoms with Gasteiger partial charge in [-0.2, -0.15) is 0 Å². The molecular formula is C38H52N6O7S. The quantitative estimate of drug-likeness (QED) is 0.222. The van der Waals surface area contributed by atoms with Crippen LogP contribution in [0.4, 0.5) is 4.79 Å². The third-order valence-electron chi connectivity index (χ3n) is 10.5. The highest BCUT2D eigenvalue weighted by molar-refractivity contribution is 7.99. The van der Waals surface area contributed by atoms with Gasteiger partial charge in [0.2, 0.25) is 17.7 Å². The Bertz CT molecular complexity index is 1750. The molecule has 0 bridgehead atoms. The second-order valence-corrected chi connectivity index (χ2v) is 16.8. The summed E-state index contributed by atoms with van der Waals surface area (Å²) < 4.78 is 15.6. The summed E-state index contributed by atoms with van der Waals surface area (Å²) in [5, 5.41) is 17.1. The van der Waals surface area contributed by atoms with Gasteiger partial charge >= 0.3 is 6.03 Å². The molecule has 3 fully saturated rings. The number of aromatic nitrogens is 1. The number of amides is 5. The van der Waals surface area contributed by atoms with Crippen molar-refractivity contribution in [3.63, 3.8) is 0 Å². The number of aryl methyl sites for hydroxylation is 1. The molecule has 3 heterocycles. The zero-order valence-corrected chi connectivity index (χ0v) is 31.8. The van der Waals surface area contributed by atoms with Gasteiger partial charge in [-0.3, -0.25) is 19.1 Å². The van der Waals surface area contributed by atoms with Crippen LogP contribution in [-0.4, -0.2) is 98.9 Å². The van der Waals surface area contributed by atoms with E-state index in [-0.39, 0.29) is 47.3 Å². The number of nitrogens with zero attached hydrogens (tertiary/aromatic N) is 3. The number of carbonyl (C=O) groups is 4. The number of allylic oxidation sites excluding steroid dienone is 1. The molecule has 1 saturated heterocycles. The van der Waals surface area contributed by atoms with Crippen LogP contribution in [0, 0.1) is 12.8 Å². The molecule has 4 aliphatic rings. The molecule has 282 valence electrons. The lowest BCUT2D eigenvalue weighted by molar-refractivity contribution is -0.141. The highest BCUT2D eigenvalue weighted by Gasteiger charge is 2.61. The minimum atomic E-state index is -1.12. The van der Waals surface area contributed by atoms with Gasteiger partial charge in [-0.05, 0) is 90.3 Å². The lowest BCUT2D eigenvalue weighted by Gasteiger charge is -2.30. The molecule has 13 nitrogen and oxygen atoms in total. The van der Waals surface area contributed by atoms with Gasteiger partial charge in [0.15, 0.2) is 0 Å². The minimum Gasteiger partial charge on any atom is -0.508 e. The lowest BCUT2D eigenvalue weighted by atomic mass is 10.0. The topological polar surface area (TPSA) is 162 Å². The van der Waals surface area contributed by atoms with Crippen LogP contribution in [0.3, 0.4) is 0 Å². The Hall–Kier alpha value is -4.20. The molecule has 5 amide bonds. The standard InChI is InChI=1S/C38H52N6O7S/c1-22(2)50-31-19-30(26-14-15-29(45)23(3)32(26)40-31)51-25-18-28-33(46)41-38(35(48)42-52-37(4)16-17-37)20-24(38)12-10-8-7-9-11-13-27(34(47)44(28)21-25)39-36(49)43(5)6/h10,12,14-15,19,22,24-25,27-28,45H,7-9,11,13,16-18,20-21H2,1-6H3,(H,39,49)(H,41,46)(H,42,48)/b12-10-/t24-,25-,27+,28+,38-/m1/s1. The molecule has 4 N–H and O–H groups in total. The zero-order valence-electron chi connectivity index (χ0n) is 31.0. The molecule has 0 spiro atoms. The summed E-state index contributed by atoms with van der Waals surface area (Å²) in [4.78, 5) is 63.1. The number of phenolic OH excluding ortho intramolecular Hbond substituents is 1. The fraction of sp³-hybridized carbons (Fsp3) is 0.605. The summed E-state index contributed by atoms with van der Waals surface area (Å²) in [6.45, 7) is 7.72. The van der Waals surface area contributed by atoms with E-state index >= 15 is 0 Å². The minimum absolute atomic E-state index is 0.00998. The van der Waals surface area contributed by atoms with Crippen LogP contribution in [0.25, 0.3) is 10.9 Å². The number of phenols is 1. The molecule has 2 aliphatic heterocycles. The van der Waals surface area contributed by atoms with Crippen molar-refractivity contribution in [2.45, 2.75) is 120 Å². The van der Waals surface area contributed by atoms with Crippen LogP contribution >= 0.6 is 11.9 Å². The fourth-order valence-electron chi connectivity index (χ4n) is 6.93. The van der Waals surface area contributed by atoms with Crippen LogP contribution in [0.2, 0.25) is 0 Å². The SMILES string of the molecule is Cc1c(O)ccc2c(O[C@@H]3C[C@H]4C(=O)N[C@]5(C(=O)NSC6(C)CC6)C[C@H]5/C=C\CCCCC[C@H](NC(=O)N(C)C)C(=O)N4C3)cc(OC(C)C)nc12. The zero-order chi connectivity index (χ0) is 37.4. The molecule has 2 aromatic rings. The van der Waals surface area contributed by atoms with Gasteiger partial charge in [0.1, 0.15) is 35.2 Å². The molecule has 0 radical (unpaired) electrons. The number of ether oxygens (including phenoxy) is 2. The predicted octanol–water partition coefficient (Wildman–Crippen LogP) is 4.74. The van der Waals surface area contributed by atoms with Gasteiger partial charge in [0.05, 0.1) is 18.2 Å². The first kappa shape index (κ1) is 37.6. The first-order valence-electron chi connectivity index (χ1n) is 18.4. The summed E-state index contributed by atoms with van der Waals surface area (Å²) in [7, 11) is 3.23. The van der Waals surface area contributed by atoms with Crippen LogP contribution in [-0.2, 0) is 14.4 Å². The summed E-state index contributed by atoms with van der Waals surface area (Å²) in [5.74, 6) is -0.373. The van der Waals surface area contributed by atoms with Gasteiger partial charge in [0.25, 0.3) is 5.91 Å². The first-order valence-corrected chi connectivity index (χ1v) is 19.2. The number of carbonyl (C=O) groups excluding carboxylic acids is 4. The van der Waals surface area contributed by atoms with E-state index < -0.39 is 35.7 Å². The number of urea groups is 1. The van der Waals surface area contributed by atoms with E-state index in [1.165, 1.54) is 21.7 Å². The van der Waals surface area contributed by atoms with E-state index in [2.05, 4.69) is 33.3 Å². The third kappa shape index (κ3) is 8.21. The van der Waals surface area contributed by atoms with Crippen LogP contribution in [0.5, 0.6) is 17.4 Å². The molecule has 14 heteroatoms. The smallest absolute Gasteiger partial charge is 0.317 e. The van der Waals surface area contributed by atoms with Crippen molar-refractivity contribution in [3.05, 3.63) is 35.9 Å². The van der Waals surface area contributed by atoms with Gasteiger partial charge < -0.3 is 35.0 Å². The lowest BCUT2D eigenvalue weighted by Crippen LogP contribution is -2.58. The molecule has 1 aromatic carbocycles. The number of nitrogens with one attached hydrogen (secondary N) is 3. The van der Waals surface area contributed by atoms with Crippen molar-refractivity contribution in [3.8, 4) is 17.4 Å². The molecular weight excluding hydrogens is 685 g/mol. The number of fused-ring (bicyclic) bond motifs is 3. The molecule has 0 unspecified atom stereocenters. The Morgan fingerprint density at radius 2 is 1.94 bits per heavy atom. The maximum atomic E-state index is 14.5.